The summed E-state index contributed by atoms with van der Waals surface area (Å²) in [5, 5.41) is 4.92. The first-order valence-corrected chi connectivity index (χ1v) is 10.8. The van der Waals surface area contributed by atoms with Crippen molar-refractivity contribution in [2.75, 3.05) is 26.7 Å². The number of aromatic nitrogens is 2. The lowest BCUT2D eigenvalue weighted by Crippen LogP contribution is -2.53. The minimum absolute atomic E-state index is 0.0160. The van der Waals surface area contributed by atoms with E-state index in [1.807, 2.05) is 34.2 Å². The number of thiophene rings is 1. The van der Waals surface area contributed by atoms with Crippen LogP contribution < -0.4 is 0 Å². The molecule has 1 amide bonds. The number of carbonyl (C=O) groups excluding carboxylic acids is 1. The molecule has 5 nitrogen and oxygen atoms in total. The van der Waals surface area contributed by atoms with Gasteiger partial charge in [0.25, 0.3) is 5.91 Å². The van der Waals surface area contributed by atoms with Crippen molar-refractivity contribution in [3.05, 3.63) is 39.3 Å². The number of hydrogen-bond acceptors (Lipinski definition) is 4. The van der Waals surface area contributed by atoms with E-state index in [4.69, 9.17) is 5.10 Å². The minimum atomic E-state index is 0.0160. The van der Waals surface area contributed by atoms with Gasteiger partial charge in [0.15, 0.2) is 0 Å². The predicted molar refractivity (Wildman–Crippen MR) is 109 cm³/mol. The number of nitrogens with zero attached hydrogens (tertiary/aromatic N) is 4. The maximum absolute atomic E-state index is 12.7. The van der Waals surface area contributed by atoms with Crippen LogP contribution in [0.1, 0.15) is 52.5 Å². The molecular formula is C21H30N4OS. The van der Waals surface area contributed by atoms with E-state index in [-0.39, 0.29) is 11.3 Å². The second kappa shape index (κ2) is 7.06. The van der Waals surface area contributed by atoms with E-state index in [0.29, 0.717) is 5.92 Å². The summed E-state index contributed by atoms with van der Waals surface area (Å²) in [5.41, 5.74) is 1.90. The van der Waals surface area contributed by atoms with Gasteiger partial charge >= 0.3 is 0 Å². The molecule has 2 aromatic rings. The number of aryl methyl sites for hydroxylation is 1. The van der Waals surface area contributed by atoms with Gasteiger partial charge in [0.05, 0.1) is 11.3 Å². The van der Waals surface area contributed by atoms with E-state index in [0.717, 1.165) is 56.8 Å². The zero-order chi connectivity index (χ0) is 19.2. The highest BCUT2D eigenvalue weighted by atomic mass is 32.1. The van der Waals surface area contributed by atoms with E-state index in [9.17, 15) is 4.79 Å². The van der Waals surface area contributed by atoms with Crippen molar-refractivity contribution in [2.45, 2.75) is 52.1 Å². The van der Waals surface area contributed by atoms with Crippen LogP contribution in [-0.4, -0.2) is 52.2 Å². The lowest BCUT2D eigenvalue weighted by Gasteiger charge is -2.45. The van der Waals surface area contributed by atoms with Gasteiger partial charge in [0.2, 0.25) is 0 Å². The van der Waals surface area contributed by atoms with E-state index in [2.05, 4.69) is 37.8 Å². The van der Waals surface area contributed by atoms with E-state index in [1.54, 1.807) is 0 Å². The molecule has 0 atom stereocenters. The summed E-state index contributed by atoms with van der Waals surface area (Å²) in [6, 6.07) is 4.46. The van der Waals surface area contributed by atoms with Crippen LogP contribution in [0.4, 0.5) is 0 Å². The Morgan fingerprint density at radius 2 is 2.00 bits per heavy atom. The van der Waals surface area contributed by atoms with Crippen LogP contribution in [0.15, 0.2) is 18.3 Å². The number of likely N-dealkylation sites (tertiary alicyclic amines) is 1. The topological polar surface area (TPSA) is 41.4 Å². The average Bonchev–Trinajstić information content (AvgIpc) is 3.21. The summed E-state index contributed by atoms with van der Waals surface area (Å²) in [5.74, 6) is 0.647. The third-order valence-electron chi connectivity index (χ3n) is 5.92. The molecular weight excluding hydrogens is 356 g/mol. The molecule has 1 saturated heterocycles. The van der Waals surface area contributed by atoms with Crippen LogP contribution in [0.2, 0.25) is 0 Å². The van der Waals surface area contributed by atoms with Crippen LogP contribution in [-0.2, 0) is 18.5 Å². The van der Waals surface area contributed by atoms with Crippen molar-refractivity contribution in [2.24, 2.45) is 5.92 Å². The molecule has 146 valence electrons. The first kappa shape index (κ1) is 18.7. The standard InChI is InChI=1S/C21H30N4OS/c1-15(2)11-25-13-18-19(22-25)21(14-23(4)20(18)26)7-9-24(10-8-21)12-17-6-5-16(3)27-17/h5-6,13,15H,7-12,14H2,1-4H3. The Bertz CT molecular complexity index is 829. The number of likely N-dealkylation sites (N-methyl/N-ethyl adjacent to an activating group) is 1. The van der Waals surface area contributed by atoms with Gasteiger partial charge in [-0.25, -0.2) is 0 Å². The van der Waals surface area contributed by atoms with E-state index >= 15 is 0 Å². The average molecular weight is 387 g/mol. The van der Waals surface area contributed by atoms with Gasteiger partial charge in [-0.15, -0.1) is 11.3 Å². The van der Waals surface area contributed by atoms with Crippen molar-refractivity contribution in [3.8, 4) is 0 Å². The van der Waals surface area contributed by atoms with Crippen molar-refractivity contribution in [3.63, 3.8) is 0 Å². The highest BCUT2D eigenvalue weighted by Crippen LogP contribution is 2.41. The quantitative estimate of drug-likeness (QED) is 0.807. The summed E-state index contributed by atoms with van der Waals surface area (Å²) in [4.78, 5) is 20.0. The molecule has 0 unspecified atom stereocenters. The number of hydrogen-bond donors (Lipinski definition) is 0. The van der Waals surface area contributed by atoms with Crippen LogP contribution in [0.25, 0.3) is 0 Å². The SMILES string of the molecule is Cc1ccc(CN2CCC3(CC2)CN(C)C(=O)c2cn(CC(C)C)nc23)s1. The van der Waals surface area contributed by atoms with Crippen molar-refractivity contribution in [1.29, 1.82) is 0 Å². The number of piperidine rings is 1. The first-order valence-electron chi connectivity index (χ1n) is 9.97. The summed E-state index contributed by atoms with van der Waals surface area (Å²) in [6.45, 7) is 11.4. The number of carbonyl (C=O) groups is 1. The third kappa shape index (κ3) is 3.57. The smallest absolute Gasteiger partial charge is 0.257 e. The van der Waals surface area contributed by atoms with Gasteiger partial charge in [0, 0.05) is 48.0 Å². The Hall–Kier alpha value is -1.66. The molecule has 2 aromatic heterocycles. The molecule has 0 bridgehead atoms. The number of fused-ring (bicyclic) bond motifs is 2. The van der Waals surface area contributed by atoms with E-state index < -0.39 is 0 Å². The minimum Gasteiger partial charge on any atom is -0.341 e. The zero-order valence-electron chi connectivity index (χ0n) is 16.9. The summed E-state index contributed by atoms with van der Waals surface area (Å²) < 4.78 is 1.99. The monoisotopic (exact) mass is 386 g/mol. The Morgan fingerprint density at radius 1 is 1.26 bits per heavy atom. The molecule has 2 aliphatic rings. The molecule has 2 aliphatic heterocycles. The lowest BCUT2D eigenvalue weighted by molar-refractivity contribution is 0.0629. The summed E-state index contributed by atoms with van der Waals surface area (Å²) in [7, 11) is 1.94. The summed E-state index contributed by atoms with van der Waals surface area (Å²) >= 11 is 1.90. The van der Waals surface area contributed by atoms with Gasteiger partial charge in [-0.1, -0.05) is 13.8 Å². The molecule has 4 rings (SSSR count). The van der Waals surface area contributed by atoms with Gasteiger partial charge in [-0.3, -0.25) is 14.4 Å². The Labute approximate surface area is 166 Å². The Kier molecular flexibility index (Phi) is 4.89. The fourth-order valence-corrected chi connectivity index (χ4v) is 5.50. The third-order valence-corrected chi connectivity index (χ3v) is 6.91. The van der Waals surface area contributed by atoms with Crippen molar-refractivity contribution in [1.82, 2.24) is 19.6 Å². The highest BCUT2D eigenvalue weighted by molar-refractivity contribution is 7.11. The molecule has 27 heavy (non-hydrogen) atoms. The second-order valence-electron chi connectivity index (χ2n) is 8.74. The molecule has 0 saturated carbocycles. The fraction of sp³-hybridized carbons (Fsp3) is 0.619. The van der Waals surface area contributed by atoms with E-state index in [1.165, 1.54) is 9.75 Å². The van der Waals surface area contributed by atoms with Crippen molar-refractivity contribution >= 4 is 17.2 Å². The molecule has 0 N–H and O–H groups in total. The number of amides is 1. The fourth-order valence-electron chi connectivity index (χ4n) is 4.57. The molecule has 0 aromatic carbocycles. The van der Waals surface area contributed by atoms with Gasteiger partial charge in [-0.05, 0) is 50.9 Å². The predicted octanol–water partition coefficient (Wildman–Crippen LogP) is 3.53. The Balaban J connectivity index is 1.54. The maximum atomic E-state index is 12.7. The number of rotatable bonds is 4. The molecule has 0 radical (unpaired) electrons. The molecule has 1 fully saturated rings. The van der Waals surface area contributed by atoms with Gasteiger partial charge in [0.1, 0.15) is 0 Å². The van der Waals surface area contributed by atoms with Gasteiger partial charge < -0.3 is 4.90 Å². The van der Waals surface area contributed by atoms with Crippen LogP contribution in [0, 0.1) is 12.8 Å². The molecule has 0 aliphatic carbocycles. The van der Waals surface area contributed by atoms with Crippen LogP contribution in [0.3, 0.4) is 0 Å². The highest BCUT2D eigenvalue weighted by Gasteiger charge is 2.46. The first-order chi connectivity index (χ1) is 12.9. The molecule has 1 spiro atoms. The van der Waals surface area contributed by atoms with Gasteiger partial charge in [-0.2, -0.15) is 5.10 Å². The van der Waals surface area contributed by atoms with Crippen LogP contribution in [0.5, 0.6) is 0 Å². The van der Waals surface area contributed by atoms with Crippen LogP contribution >= 0.6 is 11.3 Å². The normalized spacial score (nSPS) is 19.9. The Morgan fingerprint density at radius 3 is 2.63 bits per heavy atom. The summed E-state index contributed by atoms with van der Waals surface area (Å²) in [6.07, 6.45) is 4.12. The lowest BCUT2D eigenvalue weighted by atomic mass is 9.72. The zero-order valence-corrected chi connectivity index (χ0v) is 17.7. The maximum Gasteiger partial charge on any atom is 0.257 e. The second-order valence-corrected chi connectivity index (χ2v) is 10.1. The molecule has 4 heterocycles. The molecule has 6 heteroatoms. The van der Waals surface area contributed by atoms with Crippen molar-refractivity contribution < 1.29 is 4.79 Å². The largest absolute Gasteiger partial charge is 0.341 e.